The van der Waals surface area contributed by atoms with Crippen LogP contribution in [0, 0.1) is 0 Å². The van der Waals surface area contributed by atoms with Crippen molar-refractivity contribution in [1.82, 2.24) is 14.5 Å². The average Bonchev–Trinajstić information content (AvgIpc) is 2.64. The van der Waals surface area contributed by atoms with Crippen LogP contribution in [-0.2, 0) is 14.8 Å². The van der Waals surface area contributed by atoms with E-state index in [1.165, 1.54) is 35.9 Å². The zero-order valence-electron chi connectivity index (χ0n) is 15.1. The first-order chi connectivity index (χ1) is 12.7. The standard InChI is InChI=1S/C17H22ClN4O4S/c1-20-11-15(16(23)21(2)17(20)24)22-9-7-13(8-10-22)19-27(25,26)14-5-3-12(18)4-6-14/h3-6,11,13,15,19H,7-10H2,1-2H3/q+1. The Kier molecular flexibility index (Phi) is 5.66. The number of nitrogens with zero attached hydrogens (tertiary/aromatic N) is 3. The number of likely N-dealkylation sites (tertiary alicyclic amines) is 1. The number of benzene rings is 1. The molecule has 3 amide bonds. The number of sulfonamides is 1. The predicted molar refractivity (Wildman–Crippen MR) is 101 cm³/mol. The summed E-state index contributed by atoms with van der Waals surface area (Å²) in [7, 11) is -0.535. The van der Waals surface area contributed by atoms with Crippen LogP contribution in [0.2, 0.25) is 5.02 Å². The number of hydrogen-bond acceptors (Lipinski definition) is 5. The van der Waals surface area contributed by atoms with Gasteiger partial charge in [-0.15, -0.1) is 0 Å². The van der Waals surface area contributed by atoms with E-state index in [0.29, 0.717) is 31.0 Å². The molecule has 1 atom stereocenters. The highest BCUT2D eigenvalue weighted by Gasteiger charge is 2.42. The minimum atomic E-state index is -3.62. The van der Waals surface area contributed by atoms with Gasteiger partial charge >= 0.3 is 11.9 Å². The molecule has 1 aromatic carbocycles. The summed E-state index contributed by atoms with van der Waals surface area (Å²) in [6, 6.07) is 4.94. The van der Waals surface area contributed by atoms with Crippen LogP contribution in [-0.4, -0.2) is 80.2 Å². The summed E-state index contributed by atoms with van der Waals surface area (Å²) < 4.78 is 29.1. The number of amides is 3. The maximum Gasteiger partial charge on any atom is 0.500 e. The van der Waals surface area contributed by atoms with E-state index >= 15 is 0 Å². The van der Waals surface area contributed by atoms with Crippen LogP contribution in [0.1, 0.15) is 12.8 Å². The molecule has 8 nitrogen and oxygen atoms in total. The summed E-state index contributed by atoms with van der Waals surface area (Å²) in [5.41, 5.74) is 0. The first kappa shape index (κ1) is 19.9. The number of imide groups is 1. The van der Waals surface area contributed by atoms with Gasteiger partial charge < -0.3 is 0 Å². The van der Waals surface area contributed by atoms with Crippen LogP contribution in [0.25, 0.3) is 0 Å². The van der Waals surface area contributed by atoms with Crippen LogP contribution < -0.4 is 4.72 Å². The van der Waals surface area contributed by atoms with E-state index in [1.54, 1.807) is 13.3 Å². The van der Waals surface area contributed by atoms with Crippen LogP contribution in [0.15, 0.2) is 29.2 Å². The topological polar surface area (TPSA) is 89.8 Å². The predicted octanol–water partition coefficient (Wildman–Crippen LogP) is 0.756. The van der Waals surface area contributed by atoms with Gasteiger partial charge in [-0.25, -0.2) is 22.5 Å². The molecule has 1 saturated heterocycles. The van der Waals surface area contributed by atoms with Gasteiger partial charge in [-0.1, -0.05) is 11.6 Å². The van der Waals surface area contributed by atoms with E-state index in [2.05, 4.69) is 4.72 Å². The maximum absolute atomic E-state index is 12.5. The Hall–Kier alpha value is -1.81. The number of urea groups is 1. The lowest BCUT2D eigenvalue weighted by Crippen LogP contribution is -2.59. The molecule has 0 radical (unpaired) electrons. The molecule has 2 heterocycles. The van der Waals surface area contributed by atoms with Gasteiger partial charge in [-0.3, -0.25) is 4.90 Å². The molecule has 0 aliphatic carbocycles. The Bertz CT molecular complexity index is 877. The Balaban J connectivity index is 1.63. The molecule has 27 heavy (non-hydrogen) atoms. The second kappa shape index (κ2) is 7.67. The van der Waals surface area contributed by atoms with E-state index < -0.39 is 16.1 Å². The molecule has 1 unspecified atom stereocenters. The number of nitrogens with one attached hydrogen (secondary N) is 1. The Morgan fingerprint density at radius 1 is 1.15 bits per heavy atom. The molecule has 0 saturated carbocycles. The van der Waals surface area contributed by atoms with Crippen molar-refractivity contribution in [3.8, 4) is 0 Å². The van der Waals surface area contributed by atoms with Crippen molar-refractivity contribution in [1.29, 1.82) is 0 Å². The van der Waals surface area contributed by atoms with Crippen LogP contribution in [0.4, 0.5) is 4.79 Å². The molecule has 0 bridgehead atoms. The van der Waals surface area contributed by atoms with Crippen LogP contribution in [0.5, 0.6) is 0 Å². The zero-order chi connectivity index (χ0) is 19.8. The summed E-state index contributed by atoms with van der Waals surface area (Å²) in [5.74, 6) is -0.265. The number of carbonyl (C=O) groups is 2. The normalized spacial score (nSPS) is 22.9. The summed E-state index contributed by atoms with van der Waals surface area (Å²) in [6.07, 6.45) is 2.76. The number of likely N-dealkylation sites (N-methyl/N-ethyl adjacent to an activating group) is 1. The van der Waals surface area contributed by atoms with Crippen molar-refractivity contribution < 1.29 is 22.6 Å². The van der Waals surface area contributed by atoms with Crippen molar-refractivity contribution in [3.05, 3.63) is 29.3 Å². The highest BCUT2D eigenvalue weighted by atomic mass is 35.5. The minimum Gasteiger partial charge on any atom is -0.284 e. The third kappa shape index (κ3) is 4.21. The summed E-state index contributed by atoms with van der Waals surface area (Å²) in [6.45, 7) is 1.10. The lowest BCUT2D eigenvalue weighted by molar-refractivity contribution is -0.401. The van der Waals surface area contributed by atoms with Gasteiger partial charge in [0.25, 0.3) is 0 Å². The van der Waals surface area contributed by atoms with Crippen LogP contribution >= 0.6 is 11.6 Å². The van der Waals surface area contributed by atoms with E-state index in [9.17, 15) is 18.0 Å². The fourth-order valence-electron chi connectivity index (χ4n) is 3.32. The molecular weight excluding hydrogens is 392 g/mol. The molecule has 10 heteroatoms. The lowest BCUT2D eigenvalue weighted by Gasteiger charge is -2.36. The molecular formula is C17H22ClN4O4S+. The monoisotopic (exact) mass is 413 g/mol. The lowest BCUT2D eigenvalue weighted by atomic mass is 10.0. The first-order valence-corrected chi connectivity index (χ1v) is 10.5. The molecule has 1 N–H and O–H groups in total. The fourth-order valence-corrected chi connectivity index (χ4v) is 4.75. The Morgan fingerprint density at radius 3 is 2.33 bits per heavy atom. The van der Waals surface area contributed by atoms with E-state index in [1.807, 2.05) is 4.90 Å². The van der Waals surface area contributed by atoms with E-state index in [0.717, 1.165) is 4.90 Å². The molecule has 2 aliphatic heterocycles. The van der Waals surface area contributed by atoms with Crippen molar-refractivity contribution in [3.63, 3.8) is 0 Å². The van der Waals surface area contributed by atoms with E-state index in [4.69, 9.17) is 11.6 Å². The second-order valence-electron chi connectivity index (χ2n) is 6.77. The van der Waals surface area contributed by atoms with Gasteiger partial charge in [-0.2, -0.15) is 9.69 Å². The smallest absolute Gasteiger partial charge is 0.284 e. The van der Waals surface area contributed by atoms with Crippen LogP contribution in [0.3, 0.4) is 0 Å². The quantitative estimate of drug-likeness (QED) is 0.736. The number of carbonyl (C=O) groups excluding carboxylic acids is 2. The molecule has 146 valence electrons. The molecule has 0 aromatic heterocycles. The van der Waals surface area contributed by atoms with Crippen molar-refractivity contribution in [2.75, 3.05) is 27.2 Å². The SMILES string of the molecule is CN1C(=O)C(N2CCC(NS(=O)(=O)c3ccc(Cl)cc3)CC2)C=[N+](C)C1=O. The number of rotatable bonds is 4. The van der Waals surface area contributed by atoms with Gasteiger partial charge in [0.05, 0.1) is 19.0 Å². The highest BCUT2D eigenvalue weighted by molar-refractivity contribution is 7.89. The fraction of sp³-hybridized carbons (Fsp3) is 0.471. The number of halogens is 1. The van der Waals surface area contributed by atoms with Gasteiger partial charge in [0.1, 0.15) is 6.21 Å². The third-order valence-corrected chi connectivity index (χ3v) is 6.69. The molecule has 1 fully saturated rings. The van der Waals surface area contributed by atoms with Gasteiger partial charge in [0, 0.05) is 24.2 Å². The van der Waals surface area contributed by atoms with Gasteiger partial charge in [-0.05, 0) is 37.1 Å². The summed E-state index contributed by atoms with van der Waals surface area (Å²) in [4.78, 5) is 27.5. The minimum absolute atomic E-state index is 0.173. The second-order valence-corrected chi connectivity index (χ2v) is 8.92. The molecule has 2 aliphatic rings. The summed E-state index contributed by atoms with van der Waals surface area (Å²) >= 11 is 5.81. The average molecular weight is 414 g/mol. The number of hydrogen-bond donors (Lipinski definition) is 1. The molecule has 0 spiro atoms. The molecule has 3 rings (SSSR count). The van der Waals surface area contributed by atoms with Gasteiger partial charge in [0.15, 0.2) is 6.04 Å². The van der Waals surface area contributed by atoms with Crippen molar-refractivity contribution in [2.24, 2.45) is 0 Å². The van der Waals surface area contributed by atoms with Crippen molar-refractivity contribution >= 4 is 39.8 Å². The number of piperidine rings is 1. The third-order valence-electron chi connectivity index (χ3n) is 4.91. The zero-order valence-corrected chi connectivity index (χ0v) is 16.7. The van der Waals surface area contributed by atoms with E-state index in [-0.39, 0.29) is 22.9 Å². The highest BCUT2D eigenvalue weighted by Crippen LogP contribution is 2.19. The summed E-state index contributed by atoms with van der Waals surface area (Å²) in [5, 5.41) is 0.476. The molecule has 1 aromatic rings. The maximum atomic E-state index is 12.5. The largest absolute Gasteiger partial charge is 0.500 e. The first-order valence-electron chi connectivity index (χ1n) is 8.60. The van der Waals surface area contributed by atoms with Crippen molar-refractivity contribution in [2.45, 2.75) is 29.8 Å². The Labute approximate surface area is 163 Å². The Morgan fingerprint density at radius 2 is 1.74 bits per heavy atom. The van der Waals surface area contributed by atoms with Gasteiger partial charge in [0.2, 0.25) is 10.0 Å².